The SMILES string of the molecule is C[C@@H](Oc1cc(-c2ccc3c(c2)C2(CCN(S(C)(=O)=O)CC2)CN3)cnc1N)c1c(Cl)ccc(F)c1Cl. The maximum atomic E-state index is 14.0. The standard InChI is InChI=1S/C26H27Cl2FN4O3S/c1-15(23-19(27)4-5-20(29)24(23)28)36-22-12-17(13-31-25(22)30)16-3-6-21-18(11-16)26(14-32-21)7-9-33(10-8-26)37(2,34)35/h3-6,11-13,15,32H,7-10,14H2,1-2H3,(H2,30,31)/t15-/m1/s1. The number of hydrogen-bond acceptors (Lipinski definition) is 6. The van der Waals surface area contributed by atoms with Gasteiger partial charge in [0, 0.05) is 53.1 Å². The molecular weight excluding hydrogens is 538 g/mol. The second-order valence-electron chi connectivity index (χ2n) is 9.68. The number of nitrogens with one attached hydrogen (secondary N) is 1. The zero-order chi connectivity index (χ0) is 26.5. The van der Waals surface area contributed by atoms with Crippen molar-refractivity contribution in [3.8, 4) is 16.9 Å². The number of hydrogen-bond donors (Lipinski definition) is 2. The zero-order valence-electron chi connectivity index (χ0n) is 20.4. The van der Waals surface area contributed by atoms with Crippen LogP contribution in [0.4, 0.5) is 15.9 Å². The van der Waals surface area contributed by atoms with Crippen LogP contribution in [0, 0.1) is 5.82 Å². The molecule has 0 saturated carbocycles. The molecule has 5 rings (SSSR count). The van der Waals surface area contributed by atoms with Crippen LogP contribution < -0.4 is 15.8 Å². The Kier molecular flexibility index (Phi) is 6.77. The van der Waals surface area contributed by atoms with Crippen molar-refractivity contribution in [2.45, 2.75) is 31.3 Å². The summed E-state index contributed by atoms with van der Waals surface area (Å²) in [7, 11) is -3.21. The summed E-state index contributed by atoms with van der Waals surface area (Å²) >= 11 is 12.4. The van der Waals surface area contributed by atoms with Crippen LogP contribution in [-0.2, 0) is 15.4 Å². The molecule has 0 amide bonds. The summed E-state index contributed by atoms with van der Waals surface area (Å²) in [5.41, 5.74) is 10.3. The molecule has 196 valence electrons. The summed E-state index contributed by atoms with van der Waals surface area (Å²) in [5, 5.41) is 3.68. The lowest BCUT2D eigenvalue weighted by molar-refractivity contribution is 0.227. The average Bonchev–Trinajstić information content (AvgIpc) is 3.20. The molecule has 1 aromatic heterocycles. The van der Waals surface area contributed by atoms with E-state index < -0.39 is 21.9 Å². The summed E-state index contributed by atoms with van der Waals surface area (Å²) in [6.45, 7) is 3.47. The van der Waals surface area contributed by atoms with E-state index in [1.165, 1.54) is 24.0 Å². The molecule has 1 fully saturated rings. The molecular formula is C26H27Cl2FN4O3S. The molecule has 37 heavy (non-hydrogen) atoms. The van der Waals surface area contributed by atoms with E-state index in [0.717, 1.165) is 36.2 Å². The maximum Gasteiger partial charge on any atom is 0.211 e. The van der Waals surface area contributed by atoms with Gasteiger partial charge in [-0.1, -0.05) is 29.3 Å². The third kappa shape index (κ3) is 4.85. The molecule has 2 aliphatic heterocycles. The molecule has 3 heterocycles. The Morgan fingerprint density at radius 3 is 2.59 bits per heavy atom. The van der Waals surface area contributed by atoms with Gasteiger partial charge >= 0.3 is 0 Å². The molecule has 11 heteroatoms. The number of pyridine rings is 1. The minimum Gasteiger partial charge on any atom is -0.482 e. The van der Waals surface area contributed by atoms with E-state index in [1.54, 1.807) is 23.5 Å². The highest BCUT2D eigenvalue weighted by molar-refractivity contribution is 7.88. The highest BCUT2D eigenvalue weighted by Crippen LogP contribution is 2.46. The maximum absolute atomic E-state index is 14.0. The van der Waals surface area contributed by atoms with E-state index >= 15 is 0 Å². The van der Waals surface area contributed by atoms with E-state index in [2.05, 4.69) is 16.4 Å². The van der Waals surface area contributed by atoms with Gasteiger partial charge in [0.05, 0.1) is 11.3 Å². The van der Waals surface area contributed by atoms with E-state index in [4.69, 9.17) is 33.7 Å². The van der Waals surface area contributed by atoms with E-state index in [1.807, 2.05) is 12.1 Å². The van der Waals surface area contributed by atoms with Gasteiger partial charge in [0.1, 0.15) is 11.9 Å². The number of halogens is 3. The van der Waals surface area contributed by atoms with Crippen LogP contribution in [0.1, 0.15) is 37.0 Å². The highest BCUT2D eigenvalue weighted by atomic mass is 35.5. The van der Waals surface area contributed by atoms with Gasteiger partial charge in [-0.3, -0.25) is 0 Å². The minimum absolute atomic E-state index is 0.0963. The van der Waals surface area contributed by atoms with Crippen LogP contribution in [0.5, 0.6) is 5.75 Å². The van der Waals surface area contributed by atoms with E-state index in [0.29, 0.717) is 29.4 Å². The number of ether oxygens (including phenoxy) is 1. The highest BCUT2D eigenvalue weighted by Gasteiger charge is 2.43. The Morgan fingerprint density at radius 2 is 1.89 bits per heavy atom. The summed E-state index contributed by atoms with van der Waals surface area (Å²) in [4.78, 5) is 4.32. The summed E-state index contributed by atoms with van der Waals surface area (Å²) in [6.07, 6.45) is 3.74. The normalized spacial score (nSPS) is 17.9. The summed E-state index contributed by atoms with van der Waals surface area (Å²) < 4.78 is 45.7. The Bertz CT molecular complexity index is 1480. The van der Waals surface area contributed by atoms with Crippen LogP contribution in [-0.4, -0.2) is 43.6 Å². The second-order valence-corrected chi connectivity index (χ2v) is 12.4. The smallest absolute Gasteiger partial charge is 0.211 e. The van der Waals surface area contributed by atoms with Crippen molar-refractivity contribution in [3.05, 3.63) is 69.6 Å². The van der Waals surface area contributed by atoms with Gasteiger partial charge in [0.15, 0.2) is 11.6 Å². The first-order valence-corrected chi connectivity index (χ1v) is 14.5. The minimum atomic E-state index is -3.21. The molecule has 0 aliphatic carbocycles. The number of nitrogens with zero attached hydrogens (tertiary/aromatic N) is 2. The summed E-state index contributed by atoms with van der Waals surface area (Å²) in [6, 6.07) is 10.6. The monoisotopic (exact) mass is 564 g/mol. The Balaban J connectivity index is 1.43. The lowest BCUT2D eigenvalue weighted by Gasteiger charge is -2.38. The van der Waals surface area contributed by atoms with Gasteiger partial charge in [-0.05, 0) is 61.2 Å². The van der Waals surface area contributed by atoms with Crippen molar-refractivity contribution in [3.63, 3.8) is 0 Å². The second kappa shape index (κ2) is 9.62. The van der Waals surface area contributed by atoms with Crippen molar-refractivity contribution >= 4 is 44.7 Å². The Hall–Kier alpha value is -2.59. The summed E-state index contributed by atoms with van der Waals surface area (Å²) in [5.74, 6) is -0.0673. The van der Waals surface area contributed by atoms with Crippen LogP contribution in [0.15, 0.2) is 42.6 Å². The number of rotatable bonds is 5. The number of aromatic nitrogens is 1. The molecule has 2 aliphatic rings. The van der Waals surface area contributed by atoms with Crippen molar-refractivity contribution in [2.75, 3.05) is 36.9 Å². The van der Waals surface area contributed by atoms with Gasteiger partial charge in [-0.25, -0.2) is 22.1 Å². The van der Waals surface area contributed by atoms with Crippen LogP contribution >= 0.6 is 23.2 Å². The molecule has 3 aromatic rings. The number of nitrogen functional groups attached to an aromatic ring is 1. The molecule has 2 aromatic carbocycles. The average molecular weight is 565 g/mol. The first kappa shape index (κ1) is 26.0. The van der Waals surface area contributed by atoms with Gasteiger partial charge in [0.2, 0.25) is 10.0 Å². The fourth-order valence-electron chi connectivity index (χ4n) is 5.24. The zero-order valence-corrected chi connectivity index (χ0v) is 22.7. The van der Waals surface area contributed by atoms with Gasteiger partial charge in [-0.2, -0.15) is 0 Å². The van der Waals surface area contributed by atoms with Crippen molar-refractivity contribution in [1.82, 2.24) is 9.29 Å². The third-order valence-electron chi connectivity index (χ3n) is 7.36. The predicted octanol–water partition coefficient (Wildman–Crippen LogP) is 5.64. The van der Waals surface area contributed by atoms with E-state index in [-0.39, 0.29) is 16.3 Å². The molecule has 0 unspecified atom stereocenters. The molecule has 1 saturated heterocycles. The molecule has 0 bridgehead atoms. The topological polar surface area (TPSA) is 97.5 Å². The molecule has 3 N–H and O–H groups in total. The predicted molar refractivity (Wildman–Crippen MR) is 145 cm³/mol. The lowest BCUT2D eigenvalue weighted by Crippen LogP contribution is -2.45. The first-order valence-electron chi connectivity index (χ1n) is 11.9. The number of anilines is 2. The molecule has 7 nitrogen and oxygen atoms in total. The van der Waals surface area contributed by atoms with Gasteiger partial charge < -0.3 is 15.8 Å². The van der Waals surface area contributed by atoms with Crippen molar-refractivity contribution in [1.29, 1.82) is 0 Å². The van der Waals surface area contributed by atoms with Gasteiger partial charge in [0.25, 0.3) is 0 Å². The first-order chi connectivity index (χ1) is 17.5. The fourth-order valence-corrected chi connectivity index (χ4v) is 6.76. The third-order valence-corrected chi connectivity index (χ3v) is 9.38. The number of fused-ring (bicyclic) bond motifs is 2. The Morgan fingerprint density at radius 1 is 1.16 bits per heavy atom. The largest absolute Gasteiger partial charge is 0.482 e. The van der Waals surface area contributed by atoms with Crippen molar-refractivity contribution in [2.24, 2.45) is 0 Å². The number of piperidine rings is 1. The van der Waals surface area contributed by atoms with Crippen molar-refractivity contribution < 1.29 is 17.5 Å². The van der Waals surface area contributed by atoms with Crippen LogP contribution in [0.3, 0.4) is 0 Å². The quantitative estimate of drug-likeness (QED) is 0.389. The number of sulfonamides is 1. The Labute approximate surface area is 225 Å². The molecule has 1 spiro atoms. The fraction of sp³-hybridized carbons (Fsp3) is 0.346. The van der Waals surface area contributed by atoms with Crippen LogP contribution in [0.2, 0.25) is 10.0 Å². The van der Waals surface area contributed by atoms with Gasteiger partial charge in [-0.15, -0.1) is 0 Å². The molecule has 0 radical (unpaired) electrons. The number of benzene rings is 2. The molecule has 1 atom stereocenters. The number of nitrogens with two attached hydrogens (primary N) is 1. The van der Waals surface area contributed by atoms with E-state index in [9.17, 15) is 12.8 Å². The lowest BCUT2D eigenvalue weighted by atomic mass is 9.74. The van der Waals surface area contributed by atoms with Crippen LogP contribution in [0.25, 0.3) is 11.1 Å².